The minimum absolute atomic E-state index is 0.310. The van der Waals surface area contributed by atoms with Crippen molar-refractivity contribution in [1.29, 1.82) is 0 Å². The molecule has 1 aromatic rings. The van der Waals surface area contributed by atoms with Gasteiger partial charge in [0.15, 0.2) is 0 Å². The second-order valence-electron chi connectivity index (χ2n) is 2.63. The van der Waals surface area contributed by atoms with E-state index in [2.05, 4.69) is 16.7 Å². The lowest BCUT2D eigenvalue weighted by Crippen LogP contribution is -1.95. The van der Waals surface area contributed by atoms with Crippen molar-refractivity contribution in [3.8, 4) is 0 Å². The summed E-state index contributed by atoms with van der Waals surface area (Å²) in [6.07, 6.45) is 0. The van der Waals surface area contributed by atoms with Crippen LogP contribution in [0.4, 0.5) is 10.1 Å². The molecule has 3 heteroatoms. The smallest absolute Gasteiger partial charge is 0.125 e. The largest absolute Gasteiger partial charge is 0.293 e. The molecular formula is C10H11FN2. The van der Waals surface area contributed by atoms with Gasteiger partial charge < -0.3 is 0 Å². The second-order valence-corrected chi connectivity index (χ2v) is 2.63. The summed E-state index contributed by atoms with van der Waals surface area (Å²) >= 11 is 0. The van der Waals surface area contributed by atoms with Gasteiger partial charge >= 0.3 is 0 Å². The molecule has 0 saturated carbocycles. The van der Waals surface area contributed by atoms with Crippen LogP contribution in [0.25, 0.3) is 0 Å². The summed E-state index contributed by atoms with van der Waals surface area (Å²) in [5.41, 5.74) is 2.17. The zero-order valence-corrected chi connectivity index (χ0v) is 7.71. The molecule has 2 nitrogen and oxygen atoms in total. The average molecular weight is 178 g/mol. The Kier molecular flexibility index (Phi) is 2.90. The maximum absolute atomic E-state index is 12.8. The molecule has 0 aromatic heterocycles. The molecule has 13 heavy (non-hydrogen) atoms. The Labute approximate surface area is 76.8 Å². The summed E-state index contributed by atoms with van der Waals surface area (Å²) < 4.78 is 12.8. The maximum atomic E-state index is 12.8. The van der Waals surface area contributed by atoms with Gasteiger partial charge in [0.2, 0.25) is 0 Å². The quantitative estimate of drug-likeness (QED) is 0.622. The zero-order valence-electron chi connectivity index (χ0n) is 7.71. The first-order chi connectivity index (χ1) is 6.19. The molecule has 0 amide bonds. The normalized spacial score (nSPS) is 11.5. The Morgan fingerprint density at radius 1 is 1.46 bits per heavy atom. The number of benzene rings is 1. The molecule has 68 valence electrons. The highest BCUT2D eigenvalue weighted by molar-refractivity contribution is 6.03. The molecule has 1 rings (SSSR count). The highest BCUT2D eigenvalue weighted by atomic mass is 19.1. The summed E-state index contributed by atoms with van der Waals surface area (Å²) in [6.45, 7) is 5.23. The Morgan fingerprint density at radius 2 is 2.15 bits per heavy atom. The molecule has 0 N–H and O–H groups in total. The number of aliphatic imine (C=N–C) groups is 2. The lowest BCUT2D eigenvalue weighted by molar-refractivity contribution is 0.628. The topological polar surface area (TPSA) is 24.7 Å². The van der Waals surface area contributed by atoms with Gasteiger partial charge in [0.1, 0.15) is 5.82 Å². The van der Waals surface area contributed by atoms with E-state index in [1.807, 2.05) is 6.92 Å². The minimum atomic E-state index is -0.310. The first-order valence-corrected chi connectivity index (χ1v) is 3.89. The highest BCUT2D eigenvalue weighted by Gasteiger charge is 2.04. The van der Waals surface area contributed by atoms with E-state index in [0.29, 0.717) is 5.69 Å². The van der Waals surface area contributed by atoms with Crippen LogP contribution in [0.1, 0.15) is 12.5 Å². The molecule has 0 spiro atoms. The van der Waals surface area contributed by atoms with Gasteiger partial charge in [0.05, 0.1) is 5.69 Å². The fourth-order valence-electron chi connectivity index (χ4n) is 1.06. The van der Waals surface area contributed by atoms with Gasteiger partial charge in [-0.2, -0.15) is 0 Å². The lowest BCUT2D eigenvalue weighted by Gasteiger charge is -2.03. The van der Waals surface area contributed by atoms with Crippen molar-refractivity contribution in [2.75, 3.05) is 7.05 Å². The number of hydrogen-bond acceptors (Lipinski definition) is 2. The van der Waals surface area contributed by atoms with E-state index in [9.17, 15) is 4.39 Å². The molecule has 0 fully saturated rings. The predicted octanol–water partition coefficient (Wildman–Crippen LogP) is 2.60. The SMILES string of the molecule is C=Nc1cc(F)ccc1C(C)=NC. The second kappa shape index (κ2) is 3.94. The van der Waals surface area contributed by atoms with Crippen LogP contribution in [0.2, 0.25) is 0 Å². The van der Waals surface area contributed by atoms with Crippen LogP contribution in [-0.2, 0) is 0 Å². The first-order valence-electron chi connectivity index (χ1n) is 3.89. The van der Waals surface area contributed by atoms with Crippen LogP contribution < -0.4 is 0 Å². The minimum Gasteiger partial charge on any atom is -0.293 e. The highest BCUT2D eigenvalue weighted by Crippen LogP contribution is 2.20. The van der Waals surface area contributed by atoms with Crippen molar-refractivity contribution >= 4 is 18.1 Å². The Hall–Kier alpha value is -1.51. The molecule has 1 aromatic carbocycles. The molecule has 0 bridgehead atoms. The molecule has 0 radical (unpaired) electrons. The fraction of sp³-hybridized carbons (Fsp3) is 0.200. The predicted molar refractivity (Wildman–Crippen MR) is 53.7 cm³/mol. The van der Waals surface area contributed by atoms with Crippen LogP contribution in [0.5, 0.6) is 0 Å². The van der Waals surface area contributed by atoms with Crippen LogP contribution in [-0.4, -0.2) is 19.5 Å². The average Bonchev–Trinajstić information content (AvgIpc) is 2.16. The standard InChI is InChI=1S/C10H11FN2/c1-7(12-2)9-5-4-8(11)6-10(9)13-3/h4-6H,3H2,1-2H3. The van der Waals surface area contributed by atoms with E-state index in [1.165, 1.54) is 12.1 Å². The third-order valence-electron chi connectivity index (χ3n) is 1.86. The van der Waals surface area contributed by atoms with Crippen LogP contribution in [0.3, 0.4) is 0 Å². The summed E-state index contributed by atoms with van der Waals surface area (Å²) in [7, 11) is 1.69. The lowest BCUT2D eigenvalue weighted by atomic mass is 10.1. The van der Waals surface area contributed by atoms with Crippen molar-refractivity contribution in [2.45, 2.75) is 6.92 Å². The van der Waals surface area contributed by atoms with E-state index in [0.717, 1.165) is 11.3 Å². The molecule has 0 heterocycles. The van der Waals surface area contributed by atoms with Gasteiger partial charge in [-0.15, -0.1) is 0 Å². The van der Waals surface area contributed by atoms with Gasteiger partial charge in [-0.05, 0) is 25.8 Å². The maximum Gasteiger partial charge on any atom is 0.125 e. The number of rotatable bonds is 2. The number of hydrogen-bond donors (Lipinski definition) is 0. The summed E-state index contributed by atoms with van der Waals surface area (Å²) in [4.78, 5) is 7.73. The number of halogens is 1. The van der Waals surface area contributed by atoms with Crippen LogP contribution in [0, 0.1) is 5.82 Å². The summed E-state index contributed by atoms with van der Waals surface area (Å²) in [6, 6.07) is 4.39. The monoisotopic (exact) mass is 178 g/mol. The molecular weight excluding hydrogens is 167 g/mol. The van der Waals surface area contributed by atoms with E-state index >= 15 is 0 Å². The van der Waals surface area contributed by atoms with Crippen molar-refractivity contribution in [2.24, 2.45) is 9.98 Å². The van der Waals surface area contributed by atoms with Crippen molar-refractivity contribution < 1.29 is 4.39 Å². The van der Waals surface area contributed by atoms with Gasteiger partial charge in [-0.1, -0.05) is 0 Å². The van der Waals surface area contributed by atoms with Gasteiger partial charge in [0, 0.05) is 24.4 Å². The number of nitrogens with zero attached hydrogens (tertiary/aromatic N) is 2. The van der Waals surface area contributed by atoms with Gasteiger partial charge in [-0.3, -0.25) is 9.98 Å². The van der Waals surface area contributed by atoms with Crippen molar-refractivity contribution in [3.05, 3.63) is 29.6 Å². The third kappa shape index (κ3) is 1.99. The Balaban J connectivity index is 3.29. The zero-order chi connectivity index (χ0) is 9.84. The first kappa shape index (κ1) is 9.58. The molecule has 0 saturated heterocycles. The molecule has 0 aliphatic carbocycles. The van der Waals surface area contributed by atoms with E-state index in [4.69, 9.17) is 0 Å². The molecule has 0 aliphatic rings. The summed E-state index contributed by atoms with van der Waals surface area (Å²) in [5, 5.41) is 0. The van der Waals surface area contributed by atoms with Crippen molar-refractivity contribution in [1.82, 2.24) is 0 Å². The van der Waals surface area contributed by atoms with E-state index in [-0.39, 0.29) is 5.82 Å². The molecule has 0 unspecified atom stereocenters. The Morgan fingerprint density at radius 3 is 2.69 bits per heavy atom. The molecule has 0 aliphatic heterocycles. The van der Waals surface area contributed by atoms with Crippen LogP contribution in [0.15, 0.2) is 28.2 Å². The van der Waals surface area contributed by atoms with Gasteiger partial charge in [-0.25, -0.2) is 4.39 Å². The third-order valence-corrected chi connectivity index (χ3v) is 1.86. The van der Waals surface area contributed by atoms with Crippen molar-refractivity contribution in [3.63, 3.8) is 0 Å². The van der Waals surface area contributed by atoms with E-state index in [1.54, 1.807) is 13.1 Å². The van der Waals surface area contributed by atoms with E-state index < -0.39 is 0 Å². The fourth-order valence-corrected chi connectivity index (χ4v) is 1.06. The van der Waals surface area contributed by atoms with Gasteiger partial charge in [0.25, 0.3) is 0 Å². The van der Waals surface area contributed by atoms with Crippen LogP contribution >= 0.6 is 0 Å². The summed E-state index contributed by atoms with van der Waals surface area (Å²) in [5.74, 6) is -0.310. The molecule has 0 atom stereocenters. The Bertz CT molecular complexity index is 356.